The van der Waals surface area contributed by atoms with Crippen LogP contribution in [0.2, 0.25) is 0 Å². The van der Waals surface area contributed by atoms with Crippen molar-refractivity contribution >= 4 is 15.9 Å². The van der Waals surface area contributed by atoms with E-state index >= 15 is 0 Å². The summed E-state index contributed by atoms with van der Waals surface area (Å²) in [5.74, 6) is 0.799. The standard InChI is InChI=1S/C11H11BrFN3O/c1-2-16-10(6-17)14-15-11(16)8-4-3-7(13)5-9(8)12/h3-5,17H,2,6H2,1H3. The Hall–Kier alpha value is -1.27. The first kappa shape index (κ1) is 12.2. The Balaban J connectivity index is 2.56. The molecule has 0 amide bonds. The van der Waals surface area contributed by atoms with Gasteiger partial charge >= 0.3 is 0 Å². The lowest BCUT2D eigenvalue weighted by Gasteiger charge is -2.07. The lowest BCUT2D eigenvalue weighted by molar-refractivity contribution is 0.265. The number of hydrogen-bond acceptors (Lipinski definition) is 3. The van der Waals surface area contributed by atoms with Crippen molar-refractivity contribution in [2.75, 3.05) is 0 Å². The lowest BCUT2D eigenvalue weighted by atomic mass is 10.2. The molecule has 0 bridgehead atoms. The summed E-state index contributed by atoms with van der Waals surface area (Å²) in [6, 6.07) is 4.38. The van der Waals surface area contributed by atoms with E-state index in [1.54, 1.807) is 10.6 Å². The summed E-state index contributed by atoms with van der Waals surface area (Å²) in [4.78, 5) is 0. The van der Waals surface area contributed by atoms with Crippen LogP contribution in [0.15, 0.2) is 22.7 Å². The monoisotopic (exact) mass is 299 g/mol. The molecule has 0 spiro atoms. The normalized spacial score (nSPS) is 10.8. The van der Waals surface area contributed by atoms with E-state index in [0.717, 1.165) is 5.56 Å². The molecule has 0 aliphatic rings. The molecule has 0 saturated heterocycles. The van der Waals surface area contributed by atoms with Gasteiger partial charge in [0.05, 0.1) is 0 Å². The van der Waals surface area contributed by atoms with Crippen LogP contribution in [0.1, 0.15) is 12.7 Å². The molecule has 4 nitrogen and oxygen atoms in total. The van der Waals surface area contributed by atoms with E-state index < -0.39 is 0 Å². The number of aromatic nitrogens is 3. The highest BCUT2D eigenvalue weighted by Crippen LogP contribution is 2.28. The highest BCUT2D eigenvalue weighted by atomic mass is 79.9. The van der Waals surface area contributed by atoms with Crippen molar-refractivity contribution in [2.24, 2.45) is 0 Å². The van der Waals surface area contributed by atoms with E-state index in [-0.39, 0.29) is 12.4 Å². The van der Waals surface area contributed by atoms with Crippen LogP contribution in [0.5, 0.6) is 0 Å². The zero-order valence-electron chi connectivity index (χ0n) is 9.19. The molecule has 2 aromatic rings. The molecule has 17 heavy (non-hydrogen) atoms. The molecule has 2 rings (SSSR count). The van der Waals surface area contributed by atoms with Gasteiger partial charge in [-0.3, -0.25) is 0 Å². The van der Waals surface area contributed by atoms with Gasteiger partial charge < -0.3 is 9.67 Å². The number of rotatable bonds is 3. The minimum Gasteiger partial charge on any atom is -0.388 e. The summed E-state index contributed by atoms with van der Waals surface area (Å²) in [6.07, 6.45) is 0. The van der Waals surface area contributed by atoms with Gasteiger partial charge in [-0.15, -0.1) is 10.2 Å². The van der Waals surface area contributed by atoms with Gasteiger partial charge in [0.1, 0.15) is 12.4 Å². The second-order valence-electron chi connectivity index (χ2n) is 3.47. The lowest BCUT2D eigenvalue weighted by Crippen LogP contribution is -2.03. The Kier molecular flexibility index (Phi) is 3.54. The third-order valence-corrected chi connectivity index (χ3v) is 3.11. The molecule has 0 aliphatic heterocycles. The topological polar surface area (TPSA) is 50.9 Å². The summed E-state index contributed by atoms with van der Waals surface area (Å²) in [5, 5.41) is 17.0. The van der Waals surface area contributed by atoms with Crippen molar-refractivity contribution in [3.05, 3.63) is 34.3 Å². The summed E-state index contributed by atoms with van der Waals surface area (Å²) >= 11 is 3.29. The first-order valence-electron chi connectivity index (χ1n) is 5.15. The quantitative estimate of drug-likeness (QED) is 0.946. The highest BCUT2D eigenvalue weighted by Gasteiger charge is 2.14. The van der Waals surface area contributed by atoms with E-state index in [1.807, 2.05) is 6.92 Å². The van der Waals surface area contributed by atoms with E-state index in [0.29, 0.717) is 22.7 Å². The van der Waals surface area contributed by atoms with E-state index in [1.165, 1.54) is 12.1 Å². The van der Waals surface area contributed by atoms with Crippen LogP contribution in [-0.4, -0.2) is 19.9 Å². The number of nitrogens with zero attached hydrogens (tertiary/aromatic N) is 3. The van der Waals surface area contributed by atoms with E-state index in [2.05, 4.69) is 26.1 Å². The summed E-state index contributed by atoms with van der Waals surface area (Å²) in [7, 11) is 0. The number of benzene rings is 1. The van der Waals surface area contributed by atoms with Crippen molar-refractivity contribution in [3.63, 3.8) is 0 Å². The maximum atomic E-state index is 13.0. The largest absolute Gasteiger partial charge is 0.388 e. The van der Waals surface area contributed by atoms with Gasteiger partial charge in [0.15, 0.2) is 11.6 Å². The fourth-order valence-electron chi connectivity index (χ4n) is 1.65. The van der Waals surface area contributed by atoms with Gasteiger partial charge in [-0.05, 0) is 41.1 Å². The molecule has 0 atom stereocenters. The van der Waals surface area contributed by atoms with Gasteiger partial charge in [0.2, 0.25) is 0 Å². The van der Waals surface area contributed by atoms with Crippen molar-refractivity contribution in [1.82, 2.24) is 14.8 Å². The SMILES string of the molecule is CCn1c(CO)nnc1-c1ccc(F)cc1Br. The summed E-state index contributed by atoms with van der Waals surface area (Å²) in [5.41, 5.74) is 0.750. The molecular weight excluding hydrogens is 289 g/mol. The Labute approximate surface area is 106 Å². The fraction of sp³-hybridized carbons (Fsp3) is 0.273. The van der Waals surface area contributed by atoms with Crippen LogP contribution in [0.4, 0.5) is 4.39 Å². The maximum Gasteiger partial charge on any atom is 0.165 e. The number of aliphatic hydroxyl groups is 1. The fourth-order valence-corrected chi connectivity index (χ4v) is 2.18. The van der Waals surface area contributed by atoms with Crippen molar-refractivity contribution in [3.8, 4) is 11.4 Å². The average molecular weight is 300 g/mol. The van der Waals surface area contributed by atoms with Crippen molar-refractivity contribution < 1.29 is 9.50 Å². The molecule has 90 valence electrons. The predicted octanol–water partition coefficient (Wildman–Crippen LogP) is 2.36. The first-order valence-corrected chi connectivity index (χ1v) is 5.95. The van der Waals surface area contributed by atoms with Gasteiger partial charge in [-0.1, -0.05) is 0 Å². The van der Waals surface area contributed by atoms with Crippen LogP contribution in [0.3, 0.4) is 0 Å². The smallest absolute Gasteiger partial charge is 0.165 e. The number of halogens is 2. The minimum absolute atomic E-state index is 0.167. The molecule has 0 radical (unpaired) electrons. The molecule has 0 saturated carbocycles. The van der Waals surface area contributed by atoms with Crippen LogP contribution in [0.25, 0.3) is 11.4 Å². The minimum atomic E-state index is -0.314. The van der Waals surface area contributed by atoms with E-state index in [9.17, 15) is 4.39 Å². The third kappa shape index (κ3) is 2.23. The van der Waals surface area contributed by atoms with Crippen LogP contribution in [0, 0.1) is 5.82 Å². The Bertz CT molecular complexity index is 542. The van der Waals surface area contributed by atoms with E-state index in [4.69, 9.17) is 5.11 Å². The second kappa shape index (κ2) is 4.93. The van der Waals surface area contributed by atoms with Crippen LogP contribution < -0.4 is 0 Å². The number of aliphatic hydroxyl groups excluding tert-OH is 1. The third-order valence-electron chi connectivity index (χ3n) is 2.46. The van der Waals surface area contributed by atoms with Crippen LogP contribution >= 0.6 is 15.9 Å². The zero-order valence-corrected chi connectivity index (χ0v) is 10.8. The molecule has 0 fully saturated rings. The number of hydrogen-bond donors (Lipinski definition) is 1. The second-order valence-corrected chi connectivity index (χ2v) is 4.32. The summed E-state index contributed by atoms with van der Waals surface area (Å²) < 4.78 is 15.4. The molecule has 1 aromatic heterocycles. The molecule has 0 unspecified atom stereocenters. The van der Waals surface area contributed by atoms with Crippen LogP contribution in [-0.2, 0) is 13.2 Å². The Morgan fingerprint density at radius 2 is 2.18 bits per heavy atom. The maximum absolute atomic E-state index is 13.0. The molecule has 0 aliphatic carbocycles. The molecule has 6 heteroatoms. The summed E-state index contributed by atoms with van der Waals surface area (Å²) in [6.45, 7) is 2.41. The predicted molar refractivity (Wildman–Crippen MR) is 64.7 cm³/mol. The molecule has 1 N–H and O–H groups in total. The first-order chi connectivity index (χ1) is 8.17. The molecular formula is C11H11BrFN3O. The van der Waals surface area contributed by atoms with Gasteiger partial charge in [0, 0.05) is 16.6 Å². The van der Waals surface area contributed by atoms with Gasteiger partial charge in [-0.2, -0.15) is 0 Å². The van der Waals surface area contributed by atoms with Gasteiger partial charge in [-0.25, -0.2) is 4.39 Å². The average Bonchev–Trinajstić information content (AvgIpc) is 2.71. The molecule has 1 aromatic carbocycles. The van der Waals surface area contributed by atoms with Crippen molar-refractivity contribution in [1.29, 1.82) is 0 Å². The Morgan fingerprint density at radius 3 is 2.76 bits per heavy atom. The molecule has 1 heterocycles. The van der Waals surface area contributed by atoms with Gasteiger partial charge in [0.25, 0.3) is 0 Å². The zero-order chi connectivity index (χ0) is 12.4. The van der Waals surface area contributed by atoms with Crippen molar-refractivity contribution in [2.45, 2.75) is 20.1 Å². The highest BCUT2D eigenvalue weighted by molar-refractivity contribution is 9.10. The Morgan fingerprint density at radius 1 is 1.41 bits per heavy atom.